The molecule has 1 aromatic heterocycles. The maximum absolute atomic E-state index is 14.1. The summed E-state index contributed by atoms with van der Waals surface area (Å²) in [5.74, 6) is 1.05. The van der Waals surface area contributed by atoms with Crippen molar-refractivity contribution in [2.75, 3.05) is 20.2 Å². The molecule has 1 fully saturated rings. The van der Waals surface area contributed by atoms with Crippen LogP contribution in [0.15, 0.2) is 24.3 Å². The summed E-state index contributed by atoms with van der Waals surface area (Å²) in [6.45, 7) is 2.88. The molecule has 1 aliphatic heterocycles. The molecule has 8 heteroatoms. The molecule has 25 heavy (non-hydrogen) atoms. The Balaban J connectivity index is 0.000000701. The van der Waals surface area contributed by atoms with Crippen molar-refractivity contribution in [2.45, 2.75) is 32.4 Å². The van der Waals surface area contributed by atoms with Crippen LogP contribution in [-0.4, -0.2) is 51.4 Å². The summed E-state index contributed by atoms with van der Waals surface area (Å²) >= 11 is 0. The molecule has 136 valence electrons. The van der Waals surface area contributed by atoms with Crippen LogP contribution in [0.1, 0.15) is 30.9 Å². The second-order valence-electron chi connectivity index (χ2n) is 5.68. The third kappa shape index (κ3) is 5.33. The Labute approximate surface area is 146 Å². The maximum Gasteiger partial charge on any atom is 0.290 e. The zero-order valence-corrected chi connectivity index (χ0v) is 14.3. The summed E-state index contributed by atoms with van der Waals surface area (Å²) in [6.07, 6.45) is 3.70. The number of hydrogen-bond acceptors (Lipinski definition) is 5. The molecular weight excluding hydrogens is 327 g/mol. The van der Waals surface area contributed by atoms with Crippen molar-refractivity contribution < 1.29 is 19.0 Å². The molecule has 0 saturated carbocycles. The lowest BCUT2D eigenvalue weighted by Gasteiger charge is -2.25. The number of ether oxygens (including phenoxy) is 1. The number of hydrogen-bond donors (Lipinski definition) is 1. The number of methoxy groups -OCH3 is 1. The quantitative estimate of drug-likeness (QED) is 0.833. The minimum absolute atomic E-state index is 0.250. The first-order chi connectivity index (χ1) is 12.2. The number of para-hydroxylation sites is 1. The first-order valence-corrected chi connectivity index (χ1v) is 8.18. The molecule has 0 aliphatic carbocycles. The Morgan fingerprint density at radius 2 is 1.96 bits per heavy atom. The smallest absolute Gasteiger partial charge is 0.290 e. The Kier molecular flexibility index (Phi) is 7.49. The van der Waals surface area contributed by atoms with E-state index in [2.05, 4.69) is 15.0 Å². The van der Waals surface area contributed by atoms with Crippen LogP contribution >= 0.6 is 0 Å². The fourth-order valence-corrected chi connectivity index (χ4v) is 2.82. The van der Waals surface area contributed by atoms with E-state index in [0.29, 0.717) is 24.7 Å². The normalized spacial score (nSPS) is 14.6. The Morgan fingerprint density at radius 3 is 2.60 bits per heavy atom. The van der Waals surface area contributed by atoms with Gasteiger partial charge in [-0.2, -0.15) is 0 Å². The standard InChI is InChI=1S/C16H21FN4O.CH2O2/c1-22-12-15-18-16(11-20-9-5-2-6-10-20)21(19-15)14-8-4-3-7-13(14)17;2-1-3/h3-4,7-8H,2,5-6,9-12H2,1H3;1H,(H,2,3). The first-order valence-electron chi connectivity index (χ1n) is 8.18. The maximum atomic E-state index is 14.1. The van der Waals surface area contributed by atoms with E-state index in [1.165, 1.54) is 25.3 Å². The summed E-state index contributed by atoms with van der Waals surface area (Å²) in [5, 5.41) is 11.3. The van der Waals surface area contributed by atoms with E-state index in [0.717, 1.165) is 18.9 Å². The second kappa shape index (κ2) is 9.85. The van der Waals surface area contributed by atoms with Crippen LogP contribution in [0.3, 0.4) is 0 Å². The van der Waals surface area contributed by atoms with Gasteiger partial charge in [-0.1, -0.05) is 18.6 Å². The molecule has 1 saturated heterocycles. The molecule has 1 N–H and O–H groups in total. The zero-order chi connectivity index (χ0) is 18.1. The van der Waals surface area contributed by atoms with Gasteiger partial charge in [-0.25, -0.2) is 14.1 Å². The Morgan fingerprint density at radius 1 is 1.28 bits per heavy atom. The fourth-order valence-electron chi connectivity index (χ4n) is 2.82. The molecule has 1 aliphatic rings. The predicted molar refractivity (Wildman–Crippen MR) is 89.9 cm³/mol. The van der Waals surface area contributed by atoms with Gasteiger partial charge >= 0.3 is 0 Å². The highest BCUT2D eigenvalue weighted by atomic mass is 19.1. The molecule has 0 atom stereocenters. The van der Waals surface area contributed by atoms with E-state index in [1.807, 2.05) is 0 Å². The van der Waals surface area contributed by atoms with Crippen molar-refractivity contribution in [2.24, 2.45) is 0 Å². The lowest BCUT2D eigenvalue weighted by molar-refractivity contribution is -0.122. The van der Waals surface area contributed by atoms with Crippen molar-refractivity contribution in [1.82, 2.24) is 19.7 Å². The second-order valence-corrected chi connectivity index (χ2v) is 5.68. The molecule has 2 heterocycles. The third-order valence-electron chi connectivity index (χ3n) is 3.89. The number of aromatic nitrogens is 3. The van der Waals surface area contributed by atoms with Crippen LogP contribution in [-0.2, 0) is 22.7 Å². The van der Waals surface area contributed by atoms with Gasteiger partial charge in [-0.05, 0) is 38.1 Å². The molecule has 0 unspecified atom stereocenters. The van der Waals surface area contributed by atoms with Gasteiger partial charge in [-0.15, -0.1) is 5.10 Å². The summed E-state index contributed by atoms with van der Waals surface area (Å²) in [4.78, 5) is 15.2. The first kappa shape index (κ1) is 19.0. The number of rotatable bonds is 5. The summed E-state index contributed by atoms with van der Waals surface area (Å²) in [5.41, 5.74) is 0.435. The highest BCUT2D eigenvalue weighted by molar-refractivity contribution is 5.33. The molecular formula is C17H23FN4O3. The topological polar surface area (TPSA) is 80.5 Å². The van der Waals surface area contributed by atoms with Gasteiger partial charge in [0.2, 0.25) is 0 Å². The molecule has 1 aromatic carbocycles. The van der Waals surface area contributed by atoms with Gasteiger partial charge in [0.25, 0.3) is 6.47 Å². The Bertz CT molecular complexity index is 672. The lowest BCUT2D eigenvalue weighted by atomic mass is 10.1. The number of nitrogens with zero attached hydrogens (tertiary/aromatic N) is 4. The zero-order valence-electron chi connectivity index (χ0n) is 14.3. The molecule has 0 bridgehead atoms. The van der Waals surface area contributed by atoms with Crippen LogP contribution < -0.4 is 0 Å². The van der Waals surface area contributed by atoms with Crippen LogP contribution in [0, 0.1) is 5.82 Å². The van der Waals surface area contributed by atoms with Gasteiger partial charge in [0.1, 0.15) is 23.9 Å². The van der Waals surface area contributed by atoms with Crippen LogP contribution in [0.4, 0.5) is 4.39 Å². The number of likely N-dealkylation sites (tertiary alicyclic amines) is 1. The Hall–Kier alpha value is -2.32. The largest absolute Gasteiger partial charge is 0.483 e. The van der Waals surface area contributed by atoms with Gasteiger partial charge < -0.3 is 9.84 Å². The van der Waals surface area contributed by atoms with E-state index in [1.54, 1.807) is 30.0 Å². The number of halogens is 1. The number of benzene rings is 1. The van der Waals surface area contributed by atoms with E-state index in [-0.39, 0.29) is 12.3 Å². The number of carboxylic acid groups (broad SMARTS) is 1. The molecule has 7 nitrogen and oxygen atoms in total. The molecule has 3 rings (SSSR count). The number of piperidine rings is 1. The molecule has 2 aromatic rings. The van der Waals surface area contributed by atoms with Crippen LogP contribution in [0.25, 0.3) is 5.69 Å². The predicted octanol–water partition coefficient (Wildman–Crippen LogP) is 2.24. The van der Waals surface area contributed by atoms with E-state index < -0.39 is 0 Å². The highest BCUT2D eigenvalue weighted by Crippen LogP contribution is 2.17. The van der Waals surface area contributed by atoms with Crippen molar-refractivity contribution in [1.29, 1.82) is 0 Å². The third-order valence-corrected chi connectivity index (χ3v) is 3.89. The summed E-state index contributed by atoms with van der Waals surface area (Å²) in [6, 6.07) is 6.65. The lowest BCUT2D eigenvalue weighted by Crippen LogP contribution is -2.30. The average Bonchev–Trinajstić information content (AvgIpc) is 2.99. The van der Waals surface area contributed by atoms with Crippen LogP contribution in [0.2, 0.25) is 0 Å². The minimum Gasteiger partial charge on any atom is -0.483 e. The van der Waals surface area contributed by atoms with Crippen molar-refractivity contribution in [3.8, 4) is 5.69 Å². The van der Waals surface area contributed by atoms with Crippen molar-refractivity contribution >= 4 is 6.47 Å². The van der Waals surface area contributed by atoms with E-state index in [9.17, 15) is 4.39 Å². The molecule has 0 spiro atoms. The fraction of sp³-hybridized carbons (Fsp3) is 0.471. The summed E-state index contributed by atoms with van der Waals surface area (Å²) in [7, 11) is 1.61. The van der Waals surface area contributed by atoms with Gasteiger partial charge in [0.05, 0.1) is 6.54 Å². The van der Waals surface area contributed by atoms with Crippen molar-refractivity contribution in [3.05, 3.63) is 41.7 Å². The SMILES string of the molecule is COCc1nc(CN2CCCCC2)n(-c2ccccc2F)n1.O=CO. The van der Waals surface area contributed by atoms with Gasteiger partial charge in [0, 0.05) is 7.11 Å². The van der Waals surface area contributed by atoms with E-state index in [4.69, 9.17) is 14.6 Å². The molecule has 0 amide bonds. The van der Waals surface area contributed by atoms with Crippen LogP contribution in [0.5, 0.6) is 0 Å². The average molecular weight is 350 g/mol. The number of carbonyl (C=O) groups is 1. The monoisotopic (exact) mass is 350 g/mol. The minimum atomic E-state index is -0.295. The highest BCUT2D eigenvalue weighted by Gasteiger charge is 2.18. The van der Waals surface area contributed by atoms with Gasteiger partial charge in [0.15, 0.2) is 5.82 Å². The molecule has 0 radical (unpaired) electrons. The summed E-state index contributed by atoms with van der Waals surface area (Å²) < 4.78 is 20.8. The van der Waals surface area contributed by atoms with Crippen molar-refractivity contribution in [3.63, 3.8) is 0 Å². The van der Waals surface area contributed by atoms with E-state index >= 15 is 0 Å². The van der Waals surface area contributed by atoms with Gasteiger partial charge in [-0.3, -0.25) is 9.69 Å².